The molecule has 0 amide bonds. The first-order valence-corrected chi connectivity index (χ1v) is 6.06. The quantitative estimate of drug-likeness (QED) is 0.677. The molecule has 1 unspecified atom stereocenters. The summed E-state index contributed by atoms with van der Waals surface area (Å²) >= 11 is 0. The highest BCUT2D eigenvalue weighted by atomic mass is 16.3. The molecule has 88 valence electrons. The number of hydrogen-bond acceptors (Lipinski definition) is 3. The molecular formula is C13H20N2O. The lowest BCUT2D eigenvalue weighted by atomic mass is 9.87. The number of rotatable bonds is 4. The van der Waals surface area contributed by atoms with Gasteiger partial charge in [0.1, 0.15) is 5.75 Å². The van der Waals surface area contributed by atoms with Crippen molar-refractivity contribution in [1.29, 1.82) is 0 Å². The van der Waals surface area contributed by atoms with Crippen molar-refractivity contribution < 1.29 is 5.11 Å². The molecule has 1 atom stereocenters. The van der Waals surface area contributed by atoms with E-state index in [-0.39, 0.29) is 0 Å². The van der Waals surface area contributed by atoms with Gasteiger partial charge in [0.15, 0.2) is 0 Å². The molecule has 0 bridgehead atoms. The summed E-state index contributed by atoms with van der Waals surface area (Å²) in [5.41, 5.74) is 8.12. The molecule has 16 heavy (non-hydrogen) atoms. The Kier molecular flexibility index (Phi) is 3.80. The highest BCUT2D eigenvalue weighted by molar-refractivity contribution is 5.38. The molecule has 0 aromatic heterocycles. The molecule has 3 heteroatoms. The van der Waals surface area contributed by atoms with Crippen LogP contribution in [0.5, 0.6) is 5.75 Å². The van der Waals surface area contributed by atoms with Crippen LogP contribution in [0.15, 0.2) is 18.2 Å². The van der Waals surface area contributed by atoms with Gasteiger partial charge in [0, 0.05) is 6.04 Å². The molecule has 1 aromatic carbocycles. The maximum absolute atomic E-state index is 9.45. The zero-order valence-corrected chi connectivity index (χ0v) is 9.58. The number of fused-ring (bicyclic) bond motifs is 1. The van der Waals surface area contributed by atoms with E-state index in [9.17, 15) is 5.11 Å². The maximum Gasteiger partial charge on any atom is 0.115 e. The highest BCUT2D eigenvalue weighted by Gasteiger charge is 2.19. The summed E-state index contributed by atoms with van der Waals surface area (Å²) in [5.74, 6) is 0.376. The van der Waals surface area contributed by atoms with Gasteiger partial charge in [-0.15, -0.1) is 0 Å². The number of hydrogen-bond donors (Lipinski definition) is 3. The summed E-state index contributed by atoms with van der Waals surface area (Å²) in [6.45, 7) is 1.71. The van der Waals surface area contributed by atoms with Crippen molar-refractivity contribution in [2.45, 2.75) is 31.7 Å². The second kappa shape index (κ2) is 5.32. The lowest BCUT2D eigenvalue weighted by molar-refractivity contribution is 0.448. The molecule has 1 aromatic rings. The molecule has 2 rings (SSSR count). The second-order valence-electron chi connectivity index (χ2n) is 4.42. The van der Waals surface area contributed by atoms with Crippen LogP contribution in [0.4, 0.5) is 0 Å². The molecular weight excluding hydrogens is 200 g/mol. The first-order valence-electron chi connectivity index (χ1n) is 6.06. The zero-order chi connectivity index (χ0) is 11.4. The standard InChI is InChI=1S/C13H20N2O/c14-7-2-8-15-13-4-1-3-10-9-11(16)5-6-12(10)13/h5-6,9,13,15-16H,1-4,7-8,14H2. The molecule has 1 aliphatic rings. The van der Waals surface area contributed by atoms with Crippen molar-refractivity contribution in [2.24, 2.45) is 5.73 Å². The van der Waals surface area contributed by atoms with Crippen molar-refractivity contribution in [2.75, 3.05) is 13.1 Å². The van der Waals surface area contributed by atoms with E-state index in [4.69, 9.17) is 5.73 Å². The van der Waals surface area contributed by atoms with Crippen LogP contribution in [0.2, 0.25) is 0 Å². The van der Waals surface area contributed by atoms with Crippen molar-refractivity contribution in [3.05, 3.63) is 29.3 Å². The van der Waals surface area contributed by atoms with Gasteiger partial charge in [0.05, 0.1) is 0 Å². The van der Waals surface area contributed by atoms with E-state index in [1.165, 1.54) is 24.0 Å². The number of benzene rings is 1. The van der Waals surface area contributed by atoms with E-state index in [1.807, 2.05) is 12.1 Å². The van der Waals surface area contributed by atoms with Gasteiger partial charge in [0.25, 0.3) is 0 Å². The lowest BCUT2D eigenvalue weighted by Crippen LogP contribution is -2.27. The Morgan fingerprint density at radius 2 is 2.31 bits per heavy atom. The molecule has 0 spiro atoms. The number of phenols is 1. The summed E-state index contributed by atoms with van der Waals surface area (Å²) in [4.78, 5) is 0. The Hall–Kier alpha value is -1.06. The van der Waals surface area contributed by atoms with E-state index in [0.29, 0.717) is 11.8 Å². The van der Waals surface area contributed by atoms with Gasteiger partial charge in [-0.25, -0.2) is 0 Å². The molecule has 0 saturated carbocycles. The maximum atomic E-state index is 9.45. The predicted molar refractivity (Wildman–Crippen MR) is 65.5 cm³/mol. The summed E-state index contributed by atoms with van der Waals surface area (Å²) in [6, 6.07) is 6.16. The predicted octanol–water partition coefficient (Wildman–Crippen LogP) is 1.71. The number of aromatic hydroxyl groups is 1. The summed E-state index contributed by atoms with van der Waals surface area (Å²) in [6.07, 6.45) is 4.47. The molecule has 0 heterocycles. The summed E-state index contributed by atoms with van der Waals surface area (Å²) in [5, 5.41) is 13.0. The van der Waals surface area contributed by atoms with Crippen LogP contribution >= 0.6 is 0 Å². The van der Waals surface area contributed by atoms with Gasteiger partial charge < -0.3 is 16.2 Å². The third-order valence-corrected chi connectivity index (χ3v) is 3.21. The van der Waals surface area contributed by atoms with Crippen molar-refractivity contribution in [1.82, 2.24) is 5.32 Å². The summed E-state index contributed by atoms with van der Waals surface area (Å²) in [7, 11) is 0. The summed E-state index contributed by atoms with van der Waals surface area (Å²) < 4.78 is 0. The Bertz CT molecular complexity index is 352. The van der Waals surface area contributed by atoms with Gasteiger partial charge in [-0.05, 0) is 62.0 Å². The van der Waals surface area contributed by atoms with Crippen LogP contribution in [0.1, 0.15) is 36.4 Å². The first-order chi connectivity index (χ1) is 7.81. The highest BCUT2D eigenvalue weighted by Crippen LogP contribution is 2.31. The number of nitrogens with one attached hydrogen (secondary N) is 1. The average molecular weight is 220 g/mol. The van der Waals surface area contributed by atoms with E-state index in [2.05, 4.69) is 5.32 Å². The van der Waals surface area contributed by atoms with Crippen LogP contribution < -0.4 is 11.1 Å². The van der Waals surface area contributed by atoms with Crippen LogP contribution in [0.3, 0.4) is 0 Å². The largest absolute Gasteiger partial charge is 0.508 e. The molecule has 0 fully saturated rings. The van der Waals surface area contributed by atoms with Crippen molar-refractivity contribution in [3.8, 4) is 5.75 Å². The van der Waals surface area contributed by atoms with Gasteiger partial charge in [-0.3, -0.25) is 0 Å². The van der Waals surface area contributed by atoms with Crippen LogP contribution in [0, 0.1) is 0 Å². The van der Waals surface area contributed by atoms with E-state index in [0.717, 1.165) is 25.9 Å². The molecule has 1 aliphatic carbocycles. The molecule has 0 saturated heterocycles. The minimum Gasteiger partial charge on any atom is -0.508 e. The molecule has 4 N–H and O–H groups in total. The minimum atomic E-state index is 0.376. The van der Waals surface area contributed by atoms with Gasteiger partial charge in [-0.1, -0.05) is 6.07 Å². The number of nitrogens with two attached hydrogens (primary N) is 1. The van der Waals surface area contributed by atoms with E-state index >= 15 is 0 Å². The van der Waals surface area contributed by atoms with E-state index < -0.39 is 0 Å². The molecule has 0 radical (unpaired) electrons. The van der Waals surface area contributed by atoms with Crippen LogP contribution in [0.25, 0.3) is 0 Å². The Labute approximate surface area is 96.7 Å². The fourth-order valence-electron chi connectivity index (χ4n) is 2.39. The molecule has 0 aliphatic heterocycles. The fraction of sp³-hybridized carbons (Fsp3) is 0.538. The Morgan fingerprint density at radius 1 is 1.44 bits per heavy atom. The smallest absolute Gasteiger partial charge is 0.115 e. The fourth-order valence-corrected chi connectivity index (χ4v) is 2.39. The molecule has 3 nitrogen and oxygen atoms in total. The zero-order valence-electron chi connectivity index (χ0n) is 9.58. The third kappa shape index (κ3) is 2.54. The van der Waals surface area contributed by atoms with Gasteiger partial charge in [-0.2, -0.15) is 0 Å². The van der Waals surface area contributed by atoms with Crippen LogP contribution in [-0.4, -0.2) is 18.2 Å². The number of aryl methyl sites for hydroxylation is 1. The third-order valence-electron chi connectivity index (χ3n) is 3.21. The van der Waals surface area contributed by atoms with Crippen LogP contribution in [-0.2, 0) is 6.42 Å². The van der Waals surface area contributed by atoms with Crippen molar-refractivity contribution in [3.63, 3.8) is 0 Å². The monoisotopic (exact) mass is 220 g/mol. The topological polar surface area (TPSA) is 58.3 Å². The number of phenolic OH excluding ortho intramolecular Hbond substituents is 1. The second-order valence-corrected chi connectivity index (χ2v) is 4.42. The van der Waals surface area contributed by atoms with Gasteiger partial charge in [0.2, 0.25) is 0 Å². The van der Waals surface area contributed by atoms with Crippen molar-refractivity contribution >= 4 is 0 Å². The average Bonchev–Trinajstić information content (AvgIpc) is 2.29. The normalized spacial score (nSPS) is 19.4. The lowest BCUT2D eigenvalue weighted by Gasteiger charge is -2.26. The van der Waals surface area contributed by atoms with E-state index in [1.54, 1.807) is 6.07 Å². The Morgan fingerprint density at radius 3 is 3.12 bits per heavy atom. The van der Waals surface area contributed by atoms with Gasteiger partial charge >= 0.3 is 0 Å². The minimum absolute atomic E-state index is 0.376. The SMILES string of the molecule is NCCCNC1CCCc2cc(O)ccc21. The Balaban J connectivity index is 2.07. The first kappa shape index (κ1) is 11.4.